The summed E-state index contributed by atoms with van der Waals surface area (Å²) in [6.07, 6.45) is 3.09. The van der Waals surface area contributed by atoms with E-state index >= 15 is 0 Å². The second-order valence-electron chi connectivity index (χ2n) is 5.33. The number of sulfonamides is 1. The quantitative estimate of drug-likeness (QED) is 0.768. The number of benzene rings is 1. The van der Waals surface area contributed by atoms with Gasteiger partial charge >= 0.3 is 0 Å². The molecule has 1 amide bonds. The van der Waals surface area contributed by atoms with Crippen molar-refractivity contribution in [1.29, 1.82) is 0 Å². The highest BCUT2D eigenvalue weighted by Gasteiger charge is 2.27. The number of amides is 1. The summed E-state index contributed by atoms with van der Waals surface area (Å²) >= 11 is 0. The zero-order valence-corrected chi connectivity index (χ0v) is 13.6. The van der Waals surface area contributed by atoms with Gasteiger partial charge in [-0.2, -0.15) is 0 Å². The predicted molar refractivity (Wildman–Crippen MR) is 86.1 cm³/mol. The fourth-order valence-corrected chi connectivity index (χ4v) is 2.94. The SMILES string of the molecule is CS(=O)(=O)Nc1cc(NC(=O)C2CCC(N)C2)ccc1F.Cl. The van der Waals surface area contributed by atoms with Crippen LogP contribution in [0.25, 0.3) is 0 Å². The topological polar surface area (TPSA) is 101 Å². The van der Waals surface area contributed by atoms with E-state index in [0.29, 0.717) is 12.1 Å². The molecule has 1 saturated carbocycles. The number of nitrogens with two attached hydrogens (primary N) is 1. The molecule has 0 radical (unpaired) electrons. The molecule has 1 aromatic rings. The Balaban J connectivity index is 0.00000242. The number of anilines is 2. The number of rotatable bonds is 4. The molecule has 0 spiro atoms. The third kappa shape index (κ3) is 5.11. The van der Waals surface area contributed by atoms with Crippen LogP contribution in [0.15, 0.2) is 18.2 Å². The van der Waals surface area contributed by atoms with Crippen molar-refractivity contribution in [2.24, 2.45) is 11.7 Å². The molecule has 6 nitrogen and oxygen atoms in total. The minimum Gasteiger partial charge on any atom is -0.328 e. The van der Waals surface area contributed by atoms with Crippen LogP contribution in [0.5, 0.6) is 0 Å². The third-order valence-corrected chi connectivity index (χ3v) is 3.96. The Bertz CT molecular complexity index is 654. The Labute approximate surface area is 135 Å². The van der Waals surface area contributed by atoms with Crippen LogP contribution in [0.4, 0.5) is 15.8 Å². The van der Waals surface area contributed by atoms with Crippen LogP contribution in [-0.2, 0) is 14.8 Å². The minimum atomic E-state index is -3.59. The lowest BCUT2D eigenvalue weighted by Gasteiger charge is -2.12. The highest BCUT2D eigenvalue weighted by atomic mass is 35.5. The lowest BCUT2D eigenvalue weighted by atomic mass is 10.1. The molecule has 1 aliphatic carbocycles. The lowest BCUT2D eigenvalue weighted by Crippen LogP contribution is -2.23. The first-order chi connectivity index (χ1) is 9.74. The van der Waals surface area contributed by atoms with Crippen molar-refractivity contribution >= 4 is 39.7 Å². The van der Waals surface area contributed by atoms with E-state index in [-0.39, 0.29) is 36.0 Å². The van der Waals surface area contributed by atoms with Crippen molar-refractivity contribution in [2.45, 2.75) is 25.3 Å². The van der Waals surface area contributed by atoms with E-state index in [4.69, 9.17) is 5.73 Å². The van der Waals surface area contributed by atoms with Gasteiger partial charge < -0.3 is 11.1 Å². The van der Waals surface area contributed by atoms with E-state index in [1.807, 2.05) is 0 Å². The number of carbonyl (C=O) groups excluding carboxylic acids is 1. The predicted octanol–water partition coefficient (Wildman–Crippen LogP) is 1.68. The molecule has 2 atom stereocenters. The van der Waals surface area contributed by atoms with E-state index in [1.165, 1.54) is 12.1 Å². The van der Waals surface area contributed by atoms with Crippen molar-refractivity contribution in [1.82, 2.24) is 0 Å². The second-order valence-corrected chi connectivity index (χ2v) is 7.08. The molecule has 0 heterocycles. The summed E-state index contributed by atoms with van der Waals surface area (Å²) in [7, 11) is -3.59. The van der Waals surface area contributed by atoms with E-state index in [0.717, 1.165) is 25.2 Å². The lowest BCUT2D eigenvalue weighted by molar-refractivity contribution is -0.119. The Morgan fingerprint density at radius 2 is 2.05 bits per heavy atom. The van der Waals surface area contributed by atoms with Gasteiger partial charge in [0.2, 0.25) is 15.9 Å². The Morgan fingerprint density at radius 1 is 1.36 bits per heavy atom. The number of nitrogens with one attached hydrogen (secondary N) is 2. The maximum absolute atomic E-state index is 13.5. The summed E-state index contributed by atoms with van der Waals surface area (Å²) in [6, 6.07) is 3.78. The van der Waals surface area contributed by atoms with Gasteiger partial charge in [-0.3, -0.25) is 9.52 Å². The molecular formula is C13H19ClFN3O3S. The fourth-order valence-electron chi connectivity index (χ4n) is 2.38. The van der Waals surface area contributed by atoms with Crippen molar-refractivity contribution in [3.8, 4) is 0 Å². The molecule has 4 N–H and O–H groups in total. The fraction of sp³-hybridized carbons (Fsp3) is 0.462. The second kappa shape index (κ2) is 7.26. The Morgan fingerprint density at radius 3 is 2.59 bits per heavy atom. The van der Waals surface area contributed by atoms with Gasteiger partial charge in [-0.25, -0.2) is 12.8 Å². The zero-order valence-electron chi connectivity index (χ0n) is 12.0. The normalized spacial score (nSPS) is 21.0. The van der Waals surface area contributed by atoms with Gasteiger partial charge in [0.05, 0.1) is 11.9 Å². The van der Waals surface area contributed by atoms with E-state index in [2.05, 4.69) is 10.0 Å². The van der Waals surface area contributed by atoms with Gasteiger partial charge in [-0.1, -0.05) is 0 Å². The largest absolute Gasteiger partial charge is 0.328 e. The molecule has 22 heavy (non-hydrogen) atoms. The highest BCUT2D eigenvalue weighted by molar-refractivity contribution is 7.92. The van der Waals surface area contributed by atoms with E-state index < -0.39 is 15.8 Å². The van der Waals surface area contributed by atoms with E-state index in [1.54, 1.807) is 0 Å². The van der Waals surface area contributed by atoms with Crippen LogP contribution in [0.3, 0.4) is 0 Å². The third-order valence-electron chi connectivity index (χ3n) is 3.37. The van der Waals surface area contributed by atoms with Gasteiger partial charge in [0.25, 0.3) is 0 Å². The molecule has 1 aromatic carbocycles. The first kappa shape index (κ1) is 18.7. The summed E-state index contributed by atoms with van der Waals surface area (Å²) in [5, 5.41) is 2.66. The average Bonchev–Trinajstić information content (AvgIpc) is 2.78. The van der Waals surface area contributed by atoms with Crippen LogP contribution in [-0.4, -0.2) is 26.6 Å². The molecule has 0 aromatic heterocycles. The van der Waals surface area contributed by atoms with Crippen LogP contribution >= 0.6 is 12.4 Å². The minimum absolute atomic E-state index is 0. The number of hydrogen-bond donors (Lipinski definition) is 3. The Hall–Kier alpha value is -1.38. The maximum atomic E-state index is 13.5. The van der Waals surface area contributed by atoms with Gasteiger partial charge in [-0.15, -0.1) is 12.4 Å². The summed E-state index contributed by atoms with van der Waals surface area (Å²) in [5.41, 5.74) is 5.91. The Kier molecular flexibility index (Phi) is 6.16. The summed E-state index contributed by atoms with van der Waals surface area (Å²) in [6.45, 7) is 0. The number of carbonyl (C=O) groups is 1. The first-order valence-electron chi connectivity index (χ1n) is 6.58. The van der Waals surface area contributed by atoms with Gasteiger partial charge in [-0.05, 0) is 37.5 Å². The molecule has 0 saturated heterocycles. The summed E-state index contributed by atoms with van der Waals surface area (Å²) in [4.78, 5) is 12.0. The van der Waals surface area contributed by atoms with Crippen molar-refractivity contribution in [2.75, 3.05) is 16.3 Å². The molecular weight excluding hydrogens is 333 g/mol. The smallest absolute Gasteiger partial charge is 0.229 e. The first-order valence-corrected chi connectivity index (χ1v) is 8.47. The van der Waals surface area contributed by atoms with Crippen molar-refractivity contribution in [3.63, 3.8) is 0 Å². The van der Waals surface area contributed by atoms with Crippen LogP contribution in [0, 0.1) is 11.7 Å². The molecule has 0 aliphatic heterocycles. The van der Waals surface area contributed by atoms with Gasteiger partial charge in [0.15, 0.2) is 0 Å². The van der Waals surface area contributed by atoms with E-state index in [9.17, 15) is 17.6 Å². The summed E-state index contributed by atoms with van der Waals surface area (Å²) < 4.78 is 37.9. The van der Waals surface area contributed by atoms with Crippen LogP contribution < -0.4 is 15.8 Å². The van der Waals surface area contributed by atoms with Gasteiger partial charge in [0, 0.05) is 17.6 Å². The maximum Gasteiger partial charge on any atom is 0.229 e. The average molecular weight is 352 g/mol. The van der Waals surface area contributed by atoms with Crippen molar-refractivity contribution < 1.29 is 17.6 Å². The molecule has 124 valence electrons. The highest BCUT2D eigenvalue weighted by Crippen LogP contribution is 2.26. The van der Waals surface area contributed by atoms with Crippen molar-refractivity contribution in [3.05, 3.63) is 24.0 Å². The molecule has 2 unspecified atom stereocenters. The molecule has 1 aliphatic rings. The number of hydrogen-bond acceptors (Lipinski definition) is 4. The molecule has 2 rings (SSSR count). The number of halogens is 2. The molecule has 1 fully saturated rings. The van der Waals surface area contributed by atoms with Gasteiger partial charge in [0.1, 0.15) is 5.82 Å². The molecule has 0 bridgehead atoms. The zero-order chi connectivity index (χ0) is 15.6. The van der Waals surface area contributed by atoms with Crippen LogP contribution in [0.1, 0.15) is 19.3 Å². The van der Waals surface area contributed by atoms with Crippen LogP contribution in [0.2, 0.25) is 0 Å². The monoisotopic (exact) mass is 351 g/mol. The molecule has 9 heteroatoms. The standard InChI is InChI=1S/C13H18FN3O3S.ClH/c1-21(19,20)17-12-7-10(4-5-11(12)14)16-13(18)8-2-3-9(15)6-8;/h4-5,7-9,17H,2-3,6,15H2,1H3,(H,16,18);1H. The summed E-state index contributed by atoms with van der Waals surface area (Å²) in [5.74, 6) is -1.04.